The van der Waals surface area contributed by atoms with Crippen LogP contribution in [0.2, 0.25) is 10.0 Å². The maximum absolute atomic E-state index is 15.3. The van der Waals surface area contributed by atoms with Gasteiger partial charge < -0.3 is 4.90 Å². The zero-order valence-electron chi connectivity index (χ0n) is 20.4. The van der Waals surface area contributed by atoms with Crippen LogP contribution in [0.1, 0.15) is 53.1 Å². The van der Waals surface area contributed by atoms with Crippen molar-refractivity contribution in [3.8, 4) is 0 Å². The monoisotopic (exact) mass is 505 g/mol. The second-order valence-corrected chi connectivity index (χ2v) is 10.1. The molecule has 4 aromatic carbocycles. The lowest BCUT2D eigenvalue weighted by Gasteiger charge is -2.26. The number of rotatable bonds is 8. The van der Waals surface area contributed by atoms with Crippen molar-refractivity contribution in [1.82, 2.24) is 0 Å². The molecule has 4 aromatic rings. The van der Waals surface area contributed by atoms with E-state index < -0.39 is 0 Å². The minimum absolute atomic E-state index is 0.104. The van der Waals surface area contributed by atoms with Crippen molar-refractivity contribution < 1.29 is 4.39 Å². The number of hydrogen-bond acceptors (Lipinski definition) is 1. The van der Waals surface area contributed by atoms with Gasteiger partial charge in [0, 0.05) is 35.2 Å². The van der Waals surface area contributed by atoms with Crippen LogP contribution in [-0.2, 0) is 19.5 Å². The lowest BCUT2D eigenvalue weighted by Crippen LogP contribution is -2.22. The van der Waals surface area contributed by atoms with Gasteiger partial charge in [-0.2, -0.15) is 0 Å². The summed E-state index contributed by atoms with van der Waals surface area (Å²) in [5.74, 6) is -0.0567. The molecule has 0 atom stereocenters. The molecule has 0 saturated carbocycles. The lowest BCUT2D eigenvalue weighted by molar-refractivity contribution is 0.583. The number of nitrogens with zero attached hydrogens (tertiary/aromatic N) is 1. The fourth-order valence-corrected chi connectivity index (χ4v) is 5.17. The number of aryl methyl sites for hydroxylation is 1. The maximum Gasteiger partial charge on any atom is 0.130 e. The molecule has 0 aliphatic heterocycles. The third-order valence-corrected chi connectivity index (χ3v) is 7.02. The number of benzene rings is 4. The first-order valence-electron chi connectivity index (χ1n) is 11.9. The van der Waals surface area contributed by atoms with Gasteiger partial charge in [0.15, 0.2) is 0 Å². The highest BCUT2D eigenvalue weighted by Crippen LogP contribution is 2.35. The standard InChI is InChI=1S/C31H30Cl2FN/c1-21(2)30-22(3)14-15-25(31(30)34)16-27-28(32)17-26(18-29(27)33)35(19-23-10-6-4-7-11-23)20-24-12-8-5-9-13-24/h4-15,17-18,21H,16,19-20H2,1-3H3. The molecule has 0 radical (unpaired) electrons. The van der Waals surface area contributed by atoms with Gasteiger partial charge in [-0.1, -0.05) is 110 Å². The van der Waals surface area contributed by atoms with E-state index in [1.165, 1.54) is 11.1 Å². The summed E-state index contributed by atoms with van der Waals surface area (Å²) in [5.41, 5.74) is 6.40. The smallest absolute Gasteiger partial charge is 0.130 e. The van der Waals surface area contributed by atoms with Crippen molar-refractivity contribution in [1.29, 1.82) is 0 Å². The molecule has 0 aromatic heterocycles. The third kappa shape index (κ3) is 6.07. The summed E-state index contributed by atoms with van der Waals surface area (Å²) in [5, 5.41) is 1.09. The van der Waals surface area contributed by atoms with E-state index in [1.54, 1.807) is 0 Å². The largest absolute Gasteiger partial charge is 0.363 e. The molecule has 0 amide bonds. The summed E-state index contributed by atoms with van der Waals surface area (Å²) < 4.78 is 15.3. The zero-order chi connectivity index (χ0) is 24.9. The van der Waals surface area contributed by atoms with Gasteiger partial charge in [0.1, 0.15) is 5.82 Å². The van der Waals surface area contributed by atoms with E-state index in [2.05, 4.69) is 29.2 Å². The third-order valence-electron chi connectivity index (χ3n) is 6.35. The average Bonchev–Trinajstić information content (AvgIpc) is 2.83. The first-order chi connectivity index (χ1) is 16.8. The Labute approximate surface area is 218 Å². The summed E-state index contributed by atoms with van der Waals surface area (Å²) in [6.45, 7) is 7.40. The first kappa shape index (κ1) is 25.3. The Hall–Kier alpha value is -2.81. The summed E-state index contributed by atoms with van der Waals surface area (Å²) >= 11 is 13.6. The van der Waals surface area contributed by atoms with Gasteiger partial charge in [-0.25, -0.2) is 4.39 Å². The normalized spacial score (nSPS) is 11.2. The predicted molar refractivity (Wildman–Crippen MR) is 147 cm³/mol. The fraction of sp³-hybridized carbons (Fsp3) is 0.226. The molecule has 0 fully saturated rings. The molecule has 4 heteroatoms. The SMILES string of the molecule is Cc1ccc(Cc2c(Cl)cc(N(Cc3ccccc3)Cc3ccccc3)cc2Cl)c(F)c1C(C)C. The summed E-state index contributed by atoms with van der Waals surface area (Å²) in [6.07, 6.45) is 0.348. The fourth-order valence-electron chi connectivity index (χ4n) is 4.56. The Morgan fingerprint density at radius 3 is 1.77 bits per heavy atom. The minimum Gasteiger partial charge on any atom is -0.363 e. The molecule has 35 heavy (non-hydrogen) atoms. The van der Waals surface area contributed by atoms with Crippen LogP contribution in [0.5, 0.6) is 0 Å². The Kier molecular flexibility index (Phi) is 8.15. The number of hydrogen-bond donors (Lipinski definition) is 0. The Morgan fingerprint density at radius 1 is 0.771 bits per heavy atom. The van der Waals surface area contributed by atoms with Crippen molar-refractivity contribution in [3.05, 3.63) is 134 Å². The maximum atomic E-state index is 15.3. The molecule has 180 valence electrons. The van der Waals surface area contributed by atoms with Gasteiger partial charge in [0.2, 0.25) is 0 Å². The van der Waals surface area contributed by atoms with Gasteiger partial charge >= 0.3 is 0 Å². The van der Waals surface area contributed by atoms with Crippen LogP contribution >= 0.6 is 23.2 Å². The van der Waals surface area contributed by atoms with Crippen molar-refractivity contribution in [2.24, 2.45) is 0 Å². The van der Waals surface area contributed by atoms with Gasteiger partial charge in [0.25, 0.3) is 0 Å². The molecule has 0 spiro atoms. The molecule has 1 nitrogen and oxygen atoms in total. The van der Waals surface area contributed by atoms with Crippen molar-refractivity contribution in [2.45, 2.75) is 46.2 Å². The van der Waals surface area contributed by atoms with Crippen LogP contribution in [0, 0.1) is 12.7 Å². The van der Waals surface area contributed by atoms with Gasteiger partial charge in [-0.05, 0) is 58.4 Å². The summed E-state index contributed by atoms with van der Waals surface area (Å²) in [4.78, 5) is 2.26. The number of halogens is 3. The van der Waals surface area contributed by atoms with Crippen molar-refractivity contribution in [2.75, 3.05) is 4.90 Å². The van der Waals surface area contributed by atoms with Crippen LogP contribution in [0.25, 0.3) is 0 Å². The predicted octanol–water partition coefficient (Wildman–Crippen LogP) is 9.36. The first-order valence-corrected chi connectivity index (χ1v) is 12.7. The van der Waals surface area contributed by atoms with Crippen molar-refractivity contribution in [3.63, 3.8) is 0 Å². The molecule has 0 aliphatic rings. The molecule has 0 saturated heterocycles. The molecule has 0 unspecified atom stereocenters. The van der Waals surface area contributed by atoms with E-state index in [0.29, 0.717) is 35.1 Å². The second kappa shape index (κ2) is 11.3. The Morgan fingerprint density at radius 2 is 1.29 bits per heavy atom. The van der Waals surface area contributed by atoms with Gasteiger partial charge in [0.05, 0.1) is 0 Å². The second-order valence-electron chi connectivity index (χ2n) is 9.32. The summed E-state index contributed by atoms with van der Waals surface area (Å²) in [6, 6.07) is 28.4. The lowest BCUT2D eigenvalue weighted by atomic mass is 9.92. The molecule has 0 bridgehead atoms. The average molecular weight is 506 g/mol. The highest BCUT2D eigenvalue weighted by molar-refractivity contribution is 6.36. The molecule has 4 rings (SSSR count). The molecular weight excluding hydrogens is 476 g/mol. The van der Waals surface area contributed by atoms with Crippen LogP contribution in [0.3, 0.4) is 0 Å². The van der Waals surface area contributed by atoms with Crippen LogP contribution in [0.15, 0.2) is 84.9 Å². The van der Waals surface area contributed by atoms with Crippen LogP contribution in [0.4, 0.5) is 10.1 Å². The topological polar surface area (TPSA) is 3.24 Å². The van der Waals surface area contributed by atoms with E-state index in [1.807, 2.05) is 81.4 Å². The van der Waals surface area contributed by atoms with Crippen LogP contribution in [-0.4, -0.2) is 0 Å². The van der Waals surface area contributed by atoms with Crippen LogP contribution < -0.4 is 4.90 Å². The van der Waals surface area contributed by atoms with Gasteiger partial charge in [-0.15, -0.1) is 0 Å². The van der Waals surface area contributed by atoms with E-state index in [9.17, 15) is 0 Å². The molecular formula is C31H30Cl2FN. The van der Waals surface area contributed by atoms with Crippen molar-refractivity contribution >= 4 is 28.9 Å². The minimum atomic E-state index is -0.161. The Bertz CT molecular complexity index is 1220. The van der Waals surface area contributed by atoms with E-state index in [-0.39, 0.29) is 11.7 Å². The van der Waals surface area contributed by atoms with E-state index >= 15 is 4.39 Å². The zero-order valence-corrected chi connectivity index (χ0v) is 21.9. The van der Waals surface area contributed by atoms with E-state index in [4.69, 9.17) is 23.2 Å². The van der Waals surface area contributed by atoms with Gasteiger partial charge in [-0.3, -0.25) is 0 Å². The molecule has 0 N–H and O–H groups in total. The number of anilines is 1. The van der Waals surface area contributed by atoms with E-state index in [0.717, 1.165) is 22.4 Å². The summed E-state index contributed by atoms with van der Waals surface area (Å²) in [7, 11) is 0. The highest BCUT2D eigenvalue weighted by Gasteiger charge is 2.19. The highest BCUT2D eigenvalue weighted by atomic mass is 35.5. The molecule has 0 heterocycles. The quantitative estimate of drug-likeness (QED) is 0.230. The molecule has 0 aliphatic carbocycles. The Balaban J connectivity index is 1.68.